The summed E-state index contributed by atoms with van der Waals surface area (Å²) in [4.78, 5) is 16.4. The third kappa shape index (κ3) is 5.58. The van der Waals surface area contributed by atoms with Gasteiger partial charge in [-0.25, -0.2) is 8.42 Å². The number of nitrogens with zero attached hydrogens (tertiary/aromatic N) is 3. The number of rotatable bonds is 7. The third-order valence-electron chi connectivity index (χ3n) is 4.97. The predicted octanol–water partition coefficient (Wildman–Crippen LogP) is 3.98. The van der Waals surface area contributed by atoms with E-state index in [4.69, 9.17) is 26.5 Å². The number of para-hydroxylation sites is 1. The van der Waals surface area contributed by atoms with Crippen molar-refractivity contribution in [2.45, 2.75) is 13.3 Å². The molecule has 9 nitrogen and oxygen atoms in total. The van der Waals surface area contributed by atoms with Gasteiger partial charge in [0.2, 0.25) is 19.4 Å². The summed E-state index contributed by atoms with van der Waals surface area (Å²) in [6.45, 7) is 2.69. The second kappa shape index (κ2) is 10.2. The zero-order valence-corrected chi connectivity index (χ0v) is 21.2. The molecule has 1 N–H and O–H groups in total. The highest BCUT2D eigenvalue weighted by Crippen LogP contribution is 2.31. The number of carbonyl (C=O) groups excluding carboxylic acids is 1. The molecule has 35 heavy (non-hydrogen) atoms. The Morgan fingerprint density at radius 2 is 1.86 bits per heavy atom. The number of sulfone groups is 1. The molecule has 12 heteroatoms. The number of hydrogen-bond acceptors (Lipinski definition) is 8. The van der Waals surface area contributed by atoms with Gasteiger partial charge < -0.3 is 9.47 Å². The van der Waals surface area contributed by atoms with Crippen LogP contribution in [0.15, 0.2) is 58.1 Å². The van der Waals surface area contributed by atoms with Gasteiger partial charge in [0.05, 0.1) is 10.6 Å². The van der Waals surface area contributed by atoms with Crippen LogP contribution in [0.1, 0.15) is 18.1 Å². The highest BCUT2D eigenvalue weighted by Gasteiger charge is 2.38. The van der Waals surface area contributed by atoms with Gasteiger partial charge in [-0.3, -0.25) is 10.2 Å². The number of thioether (sulfide) groups is 1. The number of amidine groups is 2. The predicted molar refractivity (Wildman–Crippen MR) is 138 cm³/mol. The van der Waals surface area contributed by atoms with Crippen molar-refractivity contribution >= 4 is 60.6 Å². The van der Waals surface area contributed by atoms with Crippen LogP contribution in [0.3, 0.4) is 0 Å². The van der Waals surface area contributed by atoms with Crippen LogP contribution in [-0.4, -0.2) is 54.2 Å². The Kier molecular flexibility index (Phi) is 7.29. The average Bonchev–Trinajstić information content (AvgIpc) is 3.25. The molecule has 2 aliphatic rings. The number of fused-ring (bicyclic) bond motifs is 1. The molecule has 0 radical (unpaired) electrons. The van der Waals surface area contributed by atoms with E-state index in [0.29, 0.717) is 22.9 Å². The van der Waals surface area contributed by atoms with Crippen LogP contribution in [0, 0.1) is 5.41 Å². The van der Waals surface area contributed by atoms with Crippen LogP contribution >= 0.6 is 23.4 Å². The molecule has 0 unspecified atom stereocenters. The number of halogens is 1. The second-order valence-corrected chi connectivity index (χ2v) is 11.1. The molecule has 0 fully saturated rings. The minimum Gasteiger partial charge on any atom is -0.490 e. The van der Waals surface area contributed by atoms with Gasteiger partial charge in [-0.15, -0.1) is 5.10 Å². The number of nitrogens with one attached hydrogen (secondary N) is 1. The molecule has 2 aliphatic heterocycles. The summed E-state index contributed by atoms with van der Waals surface area (Å²) in [7, 11) is -3.59. The molecule has 0 aromatic heterocycles. The molecule has 4 rings (SSSR count). The average molecular weight is 533 g/mol. The van der Waals surface area contributed by atoms with Gasteiger partial charge in [-0.05, 0) is 53.6 Å². The maximum Gasteiger partial charge on any atom is 0.283 e. The lowest BCUT2D eigenvalue weighted by atomic mass is 10.1. The number of amides is 1. The number of aliphatic imine (C=N–C) groups is 1. The molecule has 2 heterocycles. The Morgan fingerprint density at radius 3 is 2.54 bits per heavy atom. The number of hydrogen-bond donors (Lipinski definition) is 1. The Morgan fingerprint density at radius 1 is 1.14 bits per heavy atom. The van der Waals surface area contributed by atoms with E-state index in [1.807, 2.05) is 24.3 Å². The lowest BCUT2D eigenvalue weighted by molar-refractivity contribution is -0.114. The fourth-order valence-corrected chi connectivity index (χ4v) is 5.18. The molecule has 0 aliphatic carbocycles. The first-order valence-electron chi connectivity index (χ1n) is 10.5. The van der Waals surface area contributed by atoms with Crippen molar-refractivity contribution in [2.75, 3.05) is 19.5 Å². The van der Waals surface area contributed by atoms with Crippen LogP contribution in [-0.2, 0) is 21.1 Å². The van der Waals surface area contributed by atoms with Crippen LogP contribution in [0.5, 0.6) is 11.5 Å². The molecule has 0 bridgehead atoms. The molecule has 182 valence electrons. The summed E-state index contributed by atoms with van der Waals surface area (Å²) in [6.07, 6.45) is 3.32. The maximum atomic E-state index is 12.5. The van der Waals surface area contributed by atoms with Gasteiger partial charge in [-0.1, -0.05) is 42.8 Å². The van der Waals surface area contributed by atoms with Gasteiger partial charge in [0, 0.05) is 6.26 Å². The molecule has 0 spiro atoms. The van der Waals surface area contributed by atoms with E-state index >= 15 is 0 Å². The van der Waals surface area contributed by atoms with Gasteiger partial charge in [0.15, 0.2) is 5.84 Å². The summed E-state index contributed by atoms with van der Waals surface area (Å²) in [5, 5.41) is 13.6. The number of benzene rings is 2. The second-order valence-electron chi connectivity index (χ2n) is 7.51. The number of aryl methyl sites for hydroxylation is 1. The van der Waals surface area contributed by atoms with E-state index in [2.05, 4.69) is 17.0 Å². The van der Waals surface area contributed by atoms with Crippen molar-refractivity contribution in [2.24, 2.45) is 10.1 Å². The Hall–Kier alpha value is -3.15. The quantitative estimate of drug-likeness (QED) is 0.422. The number of ether oxygens (including phenoxy) is 2. The summed E-state index contributed by atoms with van der Waals surface area (Å²) < 4.78 is 34.8. The standard InChI is InChI=1S/C23H21ClN4O5S2/c1-3-15-6-4-5-7-18(15)32-10-11-33-19-9-8-14(13-17(19)24)12-16-20(25)28-22(26-21(16)29)34-23(27-28)35(2,30)31/h4-9,12-13,25H,3,10-11H2,1-2H3/b16-12-,25-20?. The van der Waals surface area contributed by atoms with E-state index in [0.717, 1.165) is 40.8 Å². The number of hydrazone groups is 1. The van der Waals surface area contributed by atoms with Crippen molar-refractivity contribution in [1.82, 2.24) is 5.01 Å². The first-order chi connectivity index (χ1) is 16.7. The topological polar surface area (TPSA) is 121 Å². The minimum absolute atomic E-state index is 0.0307. The minimum atomic E-state index is -3.59. The Labute approximate surface area is 211 Å². The zero-order valence-electron chi connectivity index (χ0n) is 18.8. The van der Waals surface area contributed by atoms with Crippen molar-refractivity contribution < 1.29 is 22.7 Å². The van der Waals surface area contributed by atoms with Crippen LogP contribution < -0.4 is 9.47 Å². The lowest BCUT2D eigenvalue weighted by Crippen LogP contribution is -2.35. The molecule has 2 aromatic rings. The van der Waals surface area contributed by atoms with Crippen LogP contribution in [0.2, 0.25) is 5.02 Å². The monoisotopic (exact) mass is 532 g/mol. The van der Waals surface area contributed by atoms with E-state index in [1.54, 1.807) is 18.2 Å². The Balaban J connectivity index is 1.43. The van der Waals surface area contributed by atoms with Crippen molar-refractivity contribution in [3.05, 3.63) is 64.2 Å². The SMILES string of the molecule is CCc1ccccc1OCCOc1ccc(/C=C2/C(=N)N3N=C(S(C)(=O)=O)SC3=NC2=O)cc1Cl. The van der Waals surface area contributed by atoms with Gasteiger partial charge >= 0.3 is 0 Å². The van der Waals surface area contributed by atoms with Crippen molar-refractivity contribution in [3.8, 4) is 11.5 Å². The summed E-state index contributed by atoms with van der Waals surface area (Å²) >= 11 is 7.09. The van der Waals surface area contributed by atoms with Crippen molar-refractivity contribution in [1.29, 1.82) is 5.41 Å². The smallest absolute Gasteiger partial charge is 0.283 e. The van der Waals surface area contributed by atoms with Gasteiger partial charge in [0.1, 0.15) is 24.7 Å². The molecular weight excluding hydrogens is 512 g/mol. The van der Waals surface area contributed by atoms with Gasteiger partial charge in [0.25, 0.3) is 5.91 Å². The molecule has 0 saturated heterocycles. The summed E-state index contributed by atoms with van der Waals surface area (Å²) in [5.41, 5.74) is 1.62. The molecule has 0 atom stereocenters. The highest BCUT2D eigenvalue weighted by atomic mass is 35.5. The normalized spacial score (nSPS) is 16.8. The molecular formula is C23H21ClN4O5S2. The molecule has 2 aromatic carbocycles. The largest absolute Gasteiger partial charge is 0.490 e. The molecule has 0 saturated carbocycles. The first-order valence-corrected chi connectivity index (χ1v) is 13.6. The van der Waals surface area contributed by atoms with Crippen molar-refractivity contribution in [3.63, 3.8) is 0 Å². The number of carbonyl (C=O) groups is 1. The van der Waals surface area contributed by atoms with E-state index in [9.17, 15) is 13.2 Å². The first kappa shape index (κ1) is 25.0. The fourth-order valence-electron chi connectivity index (χ4n) is 3.25. The third-order valence-corrected chi connectivity index (χ3v) is 7.84. The van der Waals surface area contributed by atoms with Gasteiger partial charge in [-0.2, -0.15) is 10.0 Å². The zero-order chi connectivity index (χ0) is 25.2. The van der Waals surface area contributed by atoms with E-state index in [-0.39, 0.29) is 27.6 Å². The molecule has 1 amide bonds. The van der Waals surface area contributed by atoms with Crippen LogP contribution in [0.25, 0.3) is 6.08 Å². The summed E-state index contributed by atoms with van der Waals surface area (Å²) in [5.74, 6) is 0.332. The maximum absolute atomic E-state index is 12.5. The Bertz CT molecular complexity index is 1400. The fraction of sp³-hybridized carbons (Fsp3) is 0.217. The summed E-state index contributed by atoms with van der Waals surface area (Å²) in [6, 6.07) is 12.8. The highest BCUT2D eigenvalue weighted by molar-refractivity contribution is 8.42. The lowest BCUT2D eigenvalue weighted by Gasteiger charge is -2.20. The van der Waals surface area contributed by atoms with E-state index in [1.165, 1.54) is 6.08 Å². The van der Waals surface area contributed by atoms with Crippen LogP contribution in [0.4, 0.5) is 0 Å². The van der Waals surface area contributed by atoms with E-state index < -0.39 is 15.7 Å².